The second-order valence-corrected chi connectivity index (χ2v) is 4.96. The molecule has 1 amide bonds. The van der Waals surface area contributed by atoms with Crippen molar-refractivity contribution in [3.63, 3.8) is 0 Å². The minimum Gasteiger partial charge on any atom is -0.369 e. The number of likely N-dealkylation sites (tertiary alicyclic amines) is 1. The van der Waals surface area contributed by atoms with E-state index in [2.05, 4.69) is 27.5 Å². The standard InChI is InChI=1S/C14H23N5O/c1-2-7-16-14-17-8-5-12(18-14)15-9-6-13(20)19-10-3-4-11-19/h5,8H,2-4,6-7,9-11H2,1H3,(H2,15,16,17,18). The zero-order valence-corrected chi connectivity index (χ0v) is 12.1. The molecule has 0 atom stereocenters. The van der Waals surface area contributed by atoms with Crippen LogP contribution in [0.15, 0.2) is 12.3 Å². The van der Waals surface area contributed by atoms with Gasteiger partial charge in [0.2, 0.25) is 11.9 Å². The number of nitrogens with zero attached hydrogens (tertiary/aromatic N) is 3. The number of anilines is 2. The lowest BCUT2D eigenvalue weighted by molar-refractivity contribution is -0.129. The molecule has 6 heteroatoms. The summed E-state index contributed by atoms with van der Waals surface area (Å²) in [5.74, 6) is 1.61. The maximum Gasteiger partial charge on any atom is 0.224 e. The smallest absolute Gasteiger partial charge is 0.224 e. The normalized spacial score (nSPS) is 14.3. The van der Waals surface area contributed by atoms with Crippen LogP contribution in [0.5, 0.6) is 0 Å². The van der Waals surface area contributed by atoms with Crippen molar-refractivity contribution in [2.75, 3.05) is 36.8 Å². The fraction of sp³-hybridized carbons (Fsp3) is 0.643. The minimum absolute atomic E-state index is 0.230. The van der Waals surface area contributed by atoms with Gasteiger partial charge in [0.1, 0.15) is 5.82 Å². The summed E-state index contributed by atoms with van der Waals surface area (Å²) in [6, 6.07) is 1.82. The molecule has 110 valence electrons. The van der Waals surface area contributed by atoms with E-state index in [4.69, 9.17) is 0 Å². The molecule has 0 unspecified atom stereocenters. The average molecular weight is 277 g/mol. The van der Waals surface area contributed by atoms with Gasteiger partial charge in [-0.05, 0) is 25.3 Å². The van der Waals surface area contributed by atoms with Crippen molar-refractivity contribution in [3.8, 4) is 0 Å². The lowest BCUT2D eigenvalue weighted by Crippen LogP contribution is -2.29. The van der Waals surface area contributed by atoms with Crippen LogP contribution in [0, 0.1) is 0 Å². The van der Waals surface area contributed by atoms with Gasteiger partial charge < -0.3 is 15.5 Å². The molecule has 0 radical (unpaired) electrons. The third-order valence-electron chi connectivity index (χ3n) is 3.29. The molecule has 1 fully saturated rings. The van der Waals surface area contributed by atoms with Crippen LogP contribution in [0.3, 0.4) is 0 Å². The number of hydrogen-bond donors (Lipinski definition) is 2. The molecule has 2 N–H and O–H groups in total. The van der Waals surface area contributed by atoms with Crippen LogP contribution in [-0.2, 0) is 4.79 Å². The summed E-state index contributed by atoms with van der Waals surface area (Å²) in [7, 11) is 0. The van der Waals surface area contributed by atoms with Crippen molar-refractivity contribution in [2.45, 2.75) is 32.6 Å². The third-order valence-corrected chi connectivity index (χ3v) is 3.29. The van der Waals surface area contributed by atoms with E-state index in [0.717, 1.165) is 44.7 Å². The predicted octanol–water partition coefficient (Wildman–Crippen LogP) is 1.72. The number of rotatable bonds is 7. The molecule has 2 heterocycles. The highest BCUT2D eigenvalue weighted by Crippen LogP contribution is 2.10. The molecule has 20 heavy (non-hydrogen) atoms. The Labute approximate surface area is 120 Å². The largest absolute Gasteiger partial charge is 0.369 e. The third kappa shape index (κ3) is 4.36. The Morgan fingerprint density at radius 1 is 1.30 bits per heavy atom. The molecule has 0 saturated carbocycles. The van der Waals surface area contributed by atoms with Gasteiger partial charge in [-0.15, -0.1) is 0 Å². The van der Waals surface area contributed by atoms with E-state index in [0.29, 0.717) is 18.9 Å². The summed E-state index contributed by atoms with van der Waals surface area (Å²) < 4.78 is 0. The van der Waals surface area contributed by atoms with Crippen molar-refractivity contribution in [3.05, 3.63) is 12.3 Å². The fourth-order valence-electron chi connectivity index (χ4n) is 2.20. The molecule has 6 nitrogen and oxygen atoms in total. The molecule has 1 aliphatic heterocycles. The van der Waals surface area contributed by atoms with Crippen LogP contribution < -0.4 is 10.6 Å². The minimum atomic E-state index is 0.230. The quantitative estimate of drug-likeness (QED) is 0.794. The van der Waals surface area contributed by atoms with E-state index in [1.807, 2.05) is 11.0 Å². The molecule has 0 spiro atoms. The second-order valence-electron chi connectivity index (χ2n) is 4.96. The maximum absolute atomic E-state index is 11.9. The topological polar surface area (TPSA) is 70.2 Å². The average Bonchev–Trinajstić information content (AvgIpc) is 3.00. The number of hydrogen-bond acceptors (Lipinski definition) is 5. The lowest BCUT2D eigenvalue weighted by atomic mass is 10.3. The molecule has 1 aromatic heterocycles. The first-order valence-corrected chi connectivity index (χ1v) is 7.38. The monoisotopic (exact) mass is 277 g/mol. The van der Waals surface area contributed by atoms with E-state index in [-0.39, 0.29) is 5.91 Å². The van der Waals surface area contributed by atoms with Crippen LogP contribution in [0.1, 0.15) is 32.6 Å². The predicted molar refractivity (Wildman–Crippen MR) is 79.7 cm³/mol. The summed E-state index contributed by atoms with van der Waals surface area (Å²) >= 11 is 0. The van der Waals surface area contributed by atoms with Crippen molar-refractivity contribution in [2.24, 2.45) is 0 Å². The van der Waals surface area contributed by atoms with Gasteiger partial charge in [-0.3, -0.25) is 4.79 Å². The van der Waals surface area contributed by atoms with Gasteiger partial charge in [0.05, 0.1) is 0 Å². The van der Waals surface area contributed by atoms with Gasteiger partial charge in [-0.1, -0.05) is 6.92 Å². The van der Waals surface area contributed by atoms with Crippen molar-refractivity contribution >= 4 is 17.7 Å². The first-order valence-electron chi connectivity index (χ1n) is 7.38. The Hall–Kier alpha value is -1.85. The van der Waals surface area contributed by atoms with Crippen LogP contribution in [0.4, 0.5) is 11.8 Å². The van der Waals surface area contributed by atoms with E-state index in [1.54, 1.807) is 6.20 Å². The van der Waals surface area contributed by atoms with E-state index < -0.39 is 0 Å². The maximum atomic E-state index is 11.9. The number of nitrogens with one attached hydrogen (secondary N) is 2. The second kappa shape index (κ2) is 7.67. The van der Waals surface area contributed by atoms with Crippen LogP contribution in [0.2, 0.25) is 0 Å². The van der Waals surface area contributed by atoms with Crippen molar-refractivity contribution in [1.82, 2.24) is 14.9 Å². The first kappa shape index (κ1) is 14.6. The van der Waals surface area contributed by atoms with Gasteiger partial charge in [-0.2, -0.15) is 4.98 Å². The van der Waals surface area contributed by atoms with Gasteiger partial charge >= 0.3 is 0 Å². The Kier molecular flexibility index (Phi) is 5.58. The van der Waals surface area contributed by atoms with Gasteiger partial charge in [0, 0.05) is 38.8 Å². The van der Waals surface area contributed by atoms with Crippen molar-refractivity contribution < 1.29 is 4.79 Å². The molecule has 0 aliphatic carbocycles. The SMILES string of the molecule is CCCNc1nccc(NCCC(=O)N2CCCC2)n1. The fourth-order valence-corrected chi connectivity index (χ4v) is 2.20. The lowest BCUT2D eigenvalue weighted by Gasteiger charge is -2.15. The summed E-state index contributed by atoms with van der Waals surface area (Å²) in [6.07, 6.45) is 5.54. The van der Waals surface area contributed by atoms with E-state index in [9.17, 15) is 4.79 Å². The van der Waals surface area contributed by atoms with Gasteiger partial charge in [-0.25, -0.2) is 4.98 Å². The molecule has 0 bridgehead atoms. The zero-order chi connectivity index (χ0) is 14.2. The van der Waals surface area contributed by atoms with Crippen LogP contribution in [-0.4, -0.2) is 47.0 Å². The summed E-state index contributed by atoms with van der Waals surface area (Å²) in [4.78, 5) is 22.3. The van der Waals surface area contributed by atoms with Gasteiger partial charge in [0.25, 0.3) is 0 Å². The zero-order valence-electron chi connectivity index (χ0n) is 12.1. The Balaban J connectivity index is 1.74. The highest BCUT2D eigenvalue weighted by Gasteiger charge is 2.16. The molecule has 1 aliphatic rings. The summed E-state index contributed by atoms with van der Waals surface area (Å²) in [5.41, 5.74) is 0. The van der Waals surface area contributed by atoms with Crippen LogP contribution >= 0.6 is 0 Å². The molecular weight excluding hydrogens is 254 g/mol. The number of carbonyl (C=O) groups excluding carboxylic acids is 1. The highest BCUT2D eigenvalue weighted by atomic mass is 16.2. The molecule has 1 saturated heterocycles. The Morgan fingerprint density at radius 2 is 2.10 bits per heavy atom. The summed E-state index contributed by atoms with van der Waals surface area (Å²) in [6.45, 7) is 5.39. The Bertz CT molecular complexity index is 431. The first-order chi connectivity index (χ1) is 9.79. The van der Waals surface area contributed by atoms with Gasteiger partial charge in [0.15, 0.2) is 0 Å². The number of carbonyl (C=O) groups is 1. The molecule has 1 aromatic rings. The van der Waals surface area contributed by atoms with Crippen LogP contribution in [0.25, 0.3) is 0 Å². The Morgan fingerprint density at radius 3 is 2.85 bits per heavy atom. The molecular formula is C14H23N5O. The number of amides is 1. The van der Waals surface area contributed by atoms with Crippen molar-refractivity contribution in [1.29, 1.82) is 0 Å². The molecule has 0 aromatic carbocycles. The highest BCUT2D eigenvalue weighted by molar-refractivity contribution is 5.76. The summed E-state index contributed by atoms with van der Waals surface area (Å²) in [5, 5.41) is 6.32. The van der Waals surface area contributed by atoms with E-state index >= 15 is 0 Å². The number of aromatic nitrogens is 2. The van der Waals surface area contributed by atoms with E-state index in [1.165, 1.54) is 0 Å². The molecule has 2 rings (SSSR count).